The highest BCUT2D eigenvalue weighted by Crippen LogP contribution is 2.40. The number of urea groups is 1. The average Bonchev–Trinajstić information content (AvgIpc) is 2.64. The first-order valence-corrected chi connectivity index (χ1v) is 4.35. The lowest BCUT2D eigenvalue weighted by molar-refractivity contribution is -0.129. The molecule has 1 spiro atoms. The summed E-state index contributed by atoms with van der Waals surface area (Å²) in [6.45, 7) is 0.894. The minimum Gasteiger partial charge on any atom is -0.355 e. The molecule has 74 valence electrons. The predicted molar refractivity (Wildman–Crippen MR) is 42.4 cm³/mol. The molecule has 0 aromatic rings. The fourth-order valence-corrected chi connectivity index (χ4v) is 2.12. The van der Waals surface area contributed by atoms with Crippen molar-refractivity contribution in [2.24, 2.45) is 16.1 Å². The van der Waals surface area contributed by atoms with Gasteiger partial charge in [0.2, 0.25) is 5.54 Å². The zero-order valence-corrected chi connectivity index (χ0v) is 7.19. The van der Waals surface area contributed by atoms with E-state index in [9.17, 15) is 9.59 Å². The number of hydrogen-bond donors (Lipinski definition) is 2. The molecule has 3 aliphatic heterocycles. The van der Waals surface area contributed by atoms with Gasteiger partial charge in [-0.05, 0) is 0 Å². The minimum atomic E-state index is -1.01. The van der Waals surface area contributed by atoms with Crippen LogP contribution in [0.25, 0.3) is 0 Å². The summed E-state index contributed by atoms with van der Waals surface area (Å²) >= 11 is 0. The van der Waals surface area contributed by atoms with Gasteiger partial charge in [0, 0.05) is 5.92 Å². The van der Waals surface area contributed by atoms with Gasteiger partial charge in [-0.25, -0.2) is 4.79 Å². The van der Waals surface area contributed by atoms with Gasteiger partial charge in [0.05, 0.1) is 13.2 Å². The zero-order chi connectivity index (χ0) is 9.76. The molecule has 7 nitrogen and oxygen atoms in total. The van der Waals surface area contributed by atoms with Crippen LogP contribution in [0.5, 0.6) is 0 Å². The Hall–Kier alpha value is -1.50. The topological polar surface area (TPSA) is 92.2 Å². The molecule has 2 N–H and O–H groups in total. The quantitative estimate of drug-likeness (QED) is 0.520. The molecule has 0 aromatic carbocycles. The van der Waals surface area contributed by atoms with Crippen molar-refractivity contribution in [1.82, 2.24) is 10.6 Å². The van der Waals surface area contributed by atoms with E-state index in [1.165, 1.54) is 0 Å². The molecule has 3 atom stereocenters. The number of amides is 3. The van der Waals surface area contributed by atoms with E-state index in [2.05, 4.69) is 20.9 Å². The van der Waals surface area contributed by atoms with Crippen molar-refractivity contribution >= 4 is 11.9 Å². The summed E-state index contributed by atoms with van der Waals surface area (Å²) in [5.41, 5.74) is -1.01. The average molecular weight is 196 g/mol. The zero-order valence-electron chi connectivity index (χ0n) is 7.19. The second kappa shape index (κ2) is 2.30. The van der Waals surface area contributed by atoms with Crippen LogP contribution in [0.4, 0.5) is 4.79 Å². The van der Waals surface area contributed by atoms with E-state index in [1.807, 2.05) is 0 Å². The monoisotopic (exact) mass is 196 g/mol. The fraction of sp³-hybridized carbons (Fsp3) is 0.714. The molecule has 0 bridgehead atoms. The lowest BCUT2D eigenvalue weighted by Gasteiger charge is -2.32. The van der Waals surface area contributed by atoms with Crippen LogP contribution in [0.3, 0.4) is 0 Å². The van der Waals surface area contributed by atoms with E-state index in [4.69, 9.17) is 4.74 Å². The fourth-order valence-electron chi connectivity index (χ4n) is 2.12. The Labute approximate surface area is 78.9 Å². The maximum atomic E-state index is 11.7. The SMILES string of the molecule is O=C1NC(=O)[C@]23N=NC[C@H]2CO[C@@H]3N1. The molecule has 3 rings (SSSR count). The van der Waals surface area contributed by atoms with Crippen molar-refractivity contribution < 1.29 is 14.3 Å². The predicted octanol–water partition coefficient (Wildman–Crippen LogP) is -0.997. The number of ether oxygens (including phenoxy) is 1. The summed E-state index contributed by atoms with van der Waals surface area (Å²) in [5, 5.41) is 12.5. The Bertz CT molecular complexity index is 355. The summed E-state index contributed by atoms with van der Waals surface area (Å²) in [4.78, 5) is 22.7. The number of nitrogens with zero attached hydrogens (tertiary/aromatic N) is 2. The number of rotatable bonds is 0. The lowest BCUT2D eigenvalue weighted by atomic mass is 9.85. The minimum absolute atomic E-state index is 0.0481. The maximum absolute atomic E-state index is 11.7. The van der Waals surface area contributed by atoms with Crippen molar-refractivity contribution in [3.8, 4) is 0 Å². The van der Waals surface area contributed by atoms with Crippen LogP contribution in [-0.2, 0) is 9.53 Å². The van der Waals surface area contributed by atoms with Crippen molar-refractivity contribution in [2.45, 2.75) is 11.8 Å². The van der Waals surface area contributed by atoms with Crippen LogP contribution in [0, 0.1) is 5.92 Å². The third-order valence-electron chi connectivity index (χ3n) is 2.88. The number of carbonyl (C=O) groups is 2. The van der Waals surface area contributed by atoms with E-state index >= 15 is 0 Å². The first-order chi connectivity index (χ1) is 6.73. The number of azo groups is 1. The van der Waals surface area contributed by atoms with Gasteiger partial charge in [-0.3, -0.25) is 10.1 Å². The van der Waals surface area contributed by atoms with Gasteiger partial charge < -0.3 is 10.1 Å². The van der Waals surface area contributed by atoms with Crippen molar-refractivity contribution in [1.29, 1.82) is 0 Å². The van der Waals surface area contributed by atoms with Crippen molar-refractivity contribution in [3.63, 3.8) is 0 Å². The van der Waals surface area contributed by atoms with E-state index in [1.54, 1.807) is 0 Å². The Kier molecular flexibility index (Phi) is 1.29. The van der Waals surface area contributed by atoms with E-state index in [0.717, 1.165) is 0 Å². The van der Waals surface area contributed by atoms with E-state index in [-0.39, 0.29) is 5.92 Å². The second-order valence-corrected chi connectivity index (χ2v) is 3.59. The third-order valence-corrected chi connectivity index (χ3v) is 2.88. The van der Waals surface area contributed by atoms with Crippen LogP contribution >= 0.6 is 0 Å². The van der Waals surface area contributed by atoms with Crippen LogP contribution in [0.15, 0.2) is 10.2 Å². The molecule has 0 unspecified atom stereocenters. The van der Waals surface area contributed by atoms with Crippen LogP contribution in [0.1, 0.15) is 0 Å². The van der Waals surface area contributed by atoms with Gasteiger partial charge in [0.15, 0.2) is 6.23 Å². The highest BCUT2D eigenvalue weighted by Gasteiger charge is 2.63. The molecule has 0 radical (unpaired) electrons. The van der Waals surface area contributed by atoms with Crippen LogP contribution < -0.4 is 10.6 Å². The van der Waals surface area contributed by atoms with Gasteiger partial charge >= 0.3 is 6.03 Å². The summed E-state index contributed by atoms with van der Waals surface area (Å²) in [6.07, 6.45) is -0.653. The molecule has 0 aromatic heterocycles. The number of carbonyl (C=O) groups excluding carboxylic acids is 2. The first-order valence-electron chi connectivity index (χ1n) is 4.35. The smallest absolute Gasteiger partial charge is 0.323 e. The molecule has 0 aliphatic carbocycles. The van der Waals surface area contributed by atoms with Gasteiger partial charge in [-0.2, -0.15) is 10.2 Å². The van der Waals surface area contributed by atoms with Crippen molar-refractivity contribution in [2.75, 3.05) is 13.2 Å². The number of hydrogen-bond acceptors (Lipinski definition) is 5. The van der Waals surface area contributed by atoms with Gasteiger partial charge in [0.25, 0.3) is 5.91 Å². The van der Waals surface area contributed by atoms with Crippen LogP contribution in [-0.4, -0.2) is 36.9 Å². The number of imide groups is 1. The molecular formula is C7H8N4O3. The summed E-state index contributed by atoms with van der Waals surface area (Å²) in [6, 6.07) is -0.534. The Morgan fingerprint density at radius 2 is 2.36 bits per heavy atom. The summed E-state index contributed by atoms with van der Waals surface area (Å²) in [5.74, 6) is -0.455. The van der Waals surface area contributed by atoms with Gasteiger partial charge in [-0.15, -0.1) is 0 Å². The molecule has 0 saturated carbocycles. The third kappa shape index (κ3) is 0.711. The second-order valence-electron chi connectivity index (χ2n) is 3.59. The highest BCUT2D eigenvalue weighted by atomic mass is 16.5. The highest BCUT2D eigenvalue weighted by molar-refractivity contribution is 6.03. The molecular weight excluding hydrogens is 188 g/mol. The Morgan fingerprint density at radius 1 is 1.50 bits per heavy atom. The summed E-state index contributed by atoms with van der Waals surface area (Å²) in [7, 11) is 0. The normalized spacial score (nSPS) is 44.3. The largest absolute Gasteiger partial charge is 0.355 e. The standard InChI is InChI=1S/C7H8N4O3/c12-4-7-3(1-8-11-7)2-14-5(7)10-6(13)9-4/h3,5H,1-2H2,(H2,9,10,12,13)/t3-,5-,7+/m0/s1. The van der Waals surface area contributed by atoms with Crippen molar-refractivity contribution in [3.05, 3.63) is 0 Å². The maximum Gasteiger partial charge on any atom is 0.323 e. The van der Waals surface area contributed by atoms with Gasteiger partial charge in [-0.1, -0.05) is 0 Å². The van der Waals surface area contributed by atoms with Gasteiger partial charge in [0.1, 0.15) is 0 Å². The molecule has 3 aliphatic rings. The van der Waals surface area contributed by atoms with E-state index < -0.39 is 23.7 Å². The molecule has 2 saturated heterocycles. The molecule has 7 heteroatoms. The number of nitrogens with one attached hydrogen (secondary N) is 2. The molecule has 3 amide bonds. The molecule has 3 heterocycles. The molecule has 2 fully saturated rings. The molecule has 14 heavy (non-hydrogen) atoms. The summed E-state index contributed by atoms with van der Waals surface area (Å²) < 4.78 is 5.31. The Balaban J connectivity index is 2.06. The van der Waals surface area contributed by atoms with E-state index in [0.29, 0.717) is 13.2 Å². The van der Waals surface area contributed by atoms with Crippen LogP contribution in [0.2, 0.25) is 0 Å². The Morgan fingerprint density at radius 3 is 3.21 bits per heavy atom. The lowest BCUT2D eigenvalue weighted by Crippen LogP contribution is -2.67. The first kappa shape index (κ1) is 7.86.